The van der Waals surface area contributed by atoms with Gasteiger partial charge in [-0.1, -0.05) is 71.2 Å². The molecule has 0 aromatic heterocycles. The second-order valence-corrected chi connectivity index (χ2v) is 13.3. The van der Waals surface area contributed by atoms with E-state index in [1.165, 1.54) is 30.2 Å². The molecule has 1 N–H and O–H groups in total. The van der Waals surface area contributed by atoms with E-state index in [-0.39, 0.29) is 39.7 Å². The molecule has 3 rings (SSSR count). The molecule has 2 amide bonds. The molecular formula is C30H35BrClN3O5S. The summed E-state index contributed by atoms with van der Waals surface area (Å²) in [6.45, 7) is 7.37. The molecule has 3 aromatic rings. The number of benzene rings is 3. The fourth-order valence-corrected chi connectivity index (χ4v) is 5.88. The summed E-state index contributed by atoms with van der Waals surface area (Å²) in [5.41, 5.74) is 1.77. The molecule has 1 atom stereocenters. The first-order chi connectivity index (χ1) is 19.3. The zero-order valence-electron chi connectivity index (χ0n) is 23.7. The van der Waals surface area contributed by atoms with Crippen molar-refractivity contribution in [3.05, 3.63) is 87.4 Å². The van der Waals surface area contributed by atoms with E-state index >= 15 is 0 Å². The Morgan fingerprint density at radius 1 is 1.00 bits per heavy atom. The molecule has 0 saturated heterocycles. The standard InChI is InChI=1S/C30H35BrClN3O5S/c1-20(2)17-33-30(37)22(4)34(18-23-8-10-24(31)11-9-23)29(36)19-35(27-16-25(32)12-15-28(27)40-5)41(38,39)26-13-6-21(3)7-14-26/h6-16,20,22H,17-19H2,1-5H3,(H,33,37)/t22-/m1/s1. The number of anilines is 1. The van der Waals surface area contributed by atoms with Crippen molar-refractivity contribution in [2.75, 3.05) is 24.5 Å². The lowest BCUT2D eigenvalue weighted by Gasteiger charge is -2.32. The number of aryl methyl sites for hydroxylation is 1. The lowest BCUT2D eigenvalue weighted by Crippen LogP contribution is -2.51. The highest BCUT2D eigenvalue weighted by Crippen LogP contribution is 2.35. The molecule has 0 spiro atoms. The van der Waals surface area contributed by atoms with Gasteiger partial charge in [0.25, 0.3) is 10.0 Å². The molecule has 11 heteroatoms. The van der Waals surface area contributed by atoms with E-state index in [0.717, 1.165) is 19.9 Å². The molecule has 0 heterocycles. The van der Waals surface area contributed by atoms with Gasteiger partial charge in [-0.2, -0.15) is 0 Å². The lowest BCUT2D eigenvalue weighted by atomic mass is 10.1. The molecule has 220 valence electrons. The number of sulfonamides is 1. The predicted octanol–water partition coefficient (Wildman–Crippen LogP) is 5.80. The van der Waals surface area contributed by atoms with Crippen LogP contribution in [0.3, 0.4) is 0 Å². The zero-order valence-corrected chi connectivity index (χ0v) is 26.9. The smallest absolute Gasteiger partial charge is 0.264 e. The number of carbonyl (C=O) groups is 2. The monoisotopic (exact) mass is 663 g/mol. The van der Waals surface area contributed by atoms with Crippen molar-refractivity contribution >= 4 is 55.1 Å². The number of methoxy groups -OCH3 is 1. The van der Waals surface area contributed by atoms with Gasteiger partial charge in [0, 0.05) is 22.6 Å². The number of hydrogen-bond donors (Lipinski definition) is 1. The number of nitrogens with one attached hydrogen (secondary N) is 1. The molecule has 0 saturated carbocycles. The van der Waals surface area contributed by atoms with E-state index in [1.54, 1.807) is 31.2 Å². The van der Waals surface area contributed by atoms with E-state index in [4.69, 9.17) is 16.3 Å². The molecule has 0 aliphatic heterocycles. The summed E-state index contributed by atoms with van der Waals surface area (Å²) in [4.78, 5) is 28.5. The van der Waals surface area contributed by atoms with Crippen LogP contribution in [0.1, 0.15) is 31.9 Å². The molecule has 0 fully saturated rings. The summed E-state index contributed by atoms with van der Waals surface area (Å²) in [6.07, 6.45) is 0. The first kappa shape index (κ1) is 32.4. The second-order valence-electron chi connectivity index (χ2n) is 10.1. The van der Waals surface area contributed by atoms with Gasteiger partial charge in [0.1, 0.15) is 18.3 Å². The highest BCUT2D eigenvalue weighted by Gasteiger charge is 2.34. The molecule has 0 aliphatic rings. The normalized spacial score (nSPS) is 12.1. The zero-order chi connectivity index (χ0) is 30.3. The maximum Gasteiger partial charge on any atom is 0.264 e. The Morgan fingerprint density at radius 3 is 2.22 bits per heavy atom. The van der Waals surface area contributed by atoms with Crippen LogP contribution in [0.25, 0.3) is 0 Å². The number of halogens is 2. The quantitative estimate of drug-likeness (QED) is 0.264. The van der Waals surface area contributed by atoms with Crippen molar-refractivity contribution in [3.63, 3.8) is 0 Å². The van der Waals surface area contributed by atoms with Gasteiger partial charge in [0.05, 0.1) is 17.7 Å². The van der Waals surface area contributed by atoms with Crippen LogP contribution in [0.5, 0.6) is 5.75 Å². The highest BCUT2D eigenvalue weighted by molar-refractivity contribution is 9.10. The molecule has 0 radical (unpaired) electrons. The van der Waals surface area contributed by atoms with Crippen LogP contribution in [0.2, 0.25) is 5.02 Å². The minimum absolute atomic E-state index is 0.000105. The Labute approximate surface area is 255 Å². The maximum atomic E-state index is 14.1. The Hall–Kier alpha value is -3.08. The van der Waals surface area contributed by atoms with Crippen LogP contribution >= 0.6 is 27.5 Å². The van der Waals surface area contributed by atoms with Gasteiger partial charge in [0.15, 0.2) is 0 Å². The minimum Gasteiger partial charge on any atom is -0.495 e. The molecule has 0 bridgehead atoms. The number of rotatable bonds is 12. The predicted molar refractivity (Wildman–Crippen MR) is 166 cm³/mol. The molecule has 41 heavy (non-hydrogen) atoms. The van der Waals surface area contributed by atoms with Crippen molar-refractivity contribution in [3.8, 4) is 5.75 Å². The van der Waals surface area contributed by atoms with E-state index in [1.807, 2.05) is 45.0 Å². The van der Waals surface area contributed by atoms with Gasteiger partial charge in [-0.25, -0.2) is 8.42 Å². The van der Waals surface area contributed by atoms with Gasteiger partial charge in [-0.05, 0) is 67.8 Å². The van der Waals surface area contributed by atoms with Crippen LogP contribution in [-0.2, 0) is 26.2 Å². The largest absolute Gasteiger partial charge is 0.495 e. The summed E-state index contributed by atoms with van der Waals surface area (Å²) in [7, 11) is -2.85. The maximum absolute atomic E-state index is 14.1. The third-order valence-electron chi connectivity index (χ3n) is 6.42. The van der Waals surface area contributed by atoms with E-state index in [0.29, 0.717) is 6.54 Å². The Balaban J connectivity index is 2.08. The molecule has 0 aliphatic carbocycles. The molecule has 0 unspecified atom stereocenters. The van der Waals surface area contributed by atoms with Gasteiger partial charge in [-0.3, -0.25) is 13.9 Å². The second kappa shape index (κ2) is 14.2. The summed E-state index contributed by atoms with van der Waals surface area (Å²) >= 11 is 9.69. The van der Waals surface area contributed by atoms with Crippen LogP contribution < -0.4 is 14.4 Å². The van der Waals surface area contributed by atoms with Crippen LogP contribution in [0.15, 0.2) is 76.1 Å². The van der Waals surface area contributed by atoms with Crippen molar-refractivity contribution in [1.29, 1.82) is 0 Å². The number of hydrogen-bond acceptors (Lipinski definition) is 5. The van der Waals surface area contributed by atoms with E-state index < -0.39 is 28.5 Å². The summed E-state index contributed by atoms with van der Waals surface area (Å²) in [6, 6.07) is 17.4. The molecular weight excluding hydrogens is 630 g/mol. The third-order valence-corrected chi connectivity index (χ3v) is 8.95. The summed E-state index contributed by atoms with van der Waals surface area (Å²) in [5.74, 6) is -0.470. The third kappa shape index (κ3) is 8.47. The Morgan fingerprint density at radius 2 is 1.63 bits per heavy atom. The van der Waals surface area contributed by atoms with Gasteiger partial charge in [-0.15, -0.1) is 0 Å². The van der Waals surface area contributed by atoms with Crippen molar-refractivity contribution < 1.29 is 22.7 Å². The Bertz CT molecular complexity index is 1460. The van der Waals surface area contributed by atoms with Gasteiger partial charge < -0.3 is 15.0 Å². The van der Waals surface area contributed by atoms with E-state index in [9.17, 15) is 18.0 Å². The van der Waals surface area contributed by atoms with E-state index in [2.05, 4.69) is 21.2 Å². The van der Waals surface area contributed by atoms with Crippen molar-refractivity contribution in [2.24, 2.45) is 5.92 Å². The minimum atomic E-state index is -4.25. The van der Waals surface area contributed by atoms with Crippen molar-refractivity contribution in [2.45, 2.75) is 45.2 Å². The van der Waals surface area contributed by atoms with Crippen LogP contribution in [0.4, 0.5) is 5.69 Å². The number of nitrogens with zero attached hydrogens (tertiary/aromatic N) is 2. The average Bonchev–Trinajstić information content (AvgIpc) is 2.93. The Kier molecular flexibility index (Phi) is 11.2. The topological polar surface area (TPSA) is 96.0 Å². The first-order valence-electron chi connectivity index (χ1n) is 13.1. The number of amides is 2. The fraction of sp³-hybridized carbons (Fsp3) is 0.333. The SMILES string of the molecule is COc1ccc(Cl)cc1N(CC(=O)N(Cc1ccc(Br)cc1)[C@H](C)C(=O)NCC(C)C)S(=O)(=O)c1ccc(C)cc1. The highest BCUT2D eigenvalue weighted by atomic mass is 79.9. The number of ether oxygens (including phenoxy) is 1. The average molecular weight is 665 g/mol. The van der Waals surface area contributed by atoms with Crippen LogP contribution in [0, 0.1) is 12.8 Å². The molecule has 3 aromatic carbocycles. The fourth-order valence-electron chi connectivity index (χ4n) is 4.03. The lowest BCUT2D eigenvalue weighted by molar-refractivity contribution is -0.139. The summed E-state index contributed by atoms with van der Waals surface area (Å²) < 4.78 is 35.4. The van der Waals surface area contributed by atoms with Crippen LogP contribution in [-0.4, -0.2) is 51.4 Å². The van der Waals surface area contributed by atoms with Gasteiger partial charge >= 0.3 is 0 Å². The summed E-state index contributed by atoms with van der Waals surface area (Å²) in [5, 5.41) is 3.14. The first-order valence-corrected chi connectivity index (χ1v) is 15.7. The van der Waals surface area contributed by atoms with Gasteiger partial charge in [0.2, 0.25) is 11.8 Å². The number of carbonyl (C=O) groups excluding carboxylic acids is 2. The van der Waals surface area contributed by atoms with Crippen molar-refractivity contribution in [1.82, 2.24) is 10.2 Å². The molecule has 8 nitrogen and oxygen atoms in total.